The monoisotopic (exact) mass is 299 g/mol. The Morgan fingerprint density at radius 2 is 1.67 bits per heavy atom. The molecule has 0 aliphatic carbocycles. The molecule has 0 saturated carbocycles. The van der Waals surface area contributed by atoms with Gasteiger partial charge in [0.15, 0.2) is 0 Å². The lowest BCUT2D eigenvalue weighted by Gasteiger charge is -2.10. The van der Waals surface area contributed by atoms with E-state index in [1.54, 1.807) is 12.1 Å². The van der Waals surface area contributed by atoms with Gasteiger partial charge in [0.1, 0.15) is 11.6 Å². The molecule has 2 aromatic rings. The Morgan fingerprint density at radius 1 is 1.00 bits per heavy atom. The van der Waals surface area contributed by atoms with Crippen LogP contribution >= 0.6 is 0 Å². The summed E-state index contributed by atoms with van der Waals surface area (Å²) in [5.41, 5.74) is 6.96. The summed E-state index contributed by atoms with van der Waals surface area (Å²) in [6, 6.07) is 9.75. The molecular weight excluding hydrogens is 286 g/mol. The Labute approximate surface area is 119 Å². The number of ether oxygens (including phenoxy) is 1. The zero-order valence-corrected chi connectivity index (χ0v) is 11.0. The Bertz CT molecular complexity index is 608. The molecule has 0 aliphatic heterocycles. The second-order valence-corrected chi connectivity index (χ2v) is 4.43. The van der Waals surface area contributed by atoms with Crippen molar-refractivity contribution in [2.75, 3.05) is 6.54 Å². The van der Waals surface area contributed by atoms with Gasteiger partial charge in [0.25, 0.3) is 0 Å². The Balaban J connectivity index is 2.22. The third kappa shape index (κ3) is 4.19. The normalized spacial score (nSPS) is 11.5. The van der Waals surface area contributed by atoms with Crippen molar-refractivity contribution in [1.82, 2.24) is 0 Å². The van der Waals surface area contributed by atoms with E-state index in [1.165, 1.54) is 18.2 Å². The lowest BCUT2D eigenvalue weighted by molar-refractivity contribution is -0.274. The average Bonchev–Trinajstić information content (AvgIpc) is 2.39. The van der Waals surface area contributed by atoms with Crippen LogP contribution in [0.4, 0.5) is 17.6 Å². The van der Waals surface area contributed by atoms with Crippen LogP contribution in [0.25, 0.3) is 11.1 Å². The number of nitrogens with two attached hydrogens (primary N) is 1. The molecule has 0 amide bonds. The van der Waals surface area contributed by atoms with Gasteiger partial charge in [-0.2, -0.15) is 0 Å². The molecule has 0 saturated heterocycles. The van der Waals surface area contributed by atoms with Crippen molar-refractivity contribution in [2.45, 2.75) is 12.8 Å². The summed E-state index contributed by atoms with van der Waals surface area (Å²) in [6.07, 6.45) is -4.17. The molecular formula is C15H13F4NO. The summed E-state index contributed by atoms with van der Waals surface area (Å²) >= 11 is 0. The minimum Gasteiger partial charge on any atom is -0.406 e. The molecule has 2 rings (SSSR count). The molecule has 2 nitrogen and oxygen atoms in total. The van der Waals surface area contributed by atoms with Crippen LogP contribution in [0.2, 0.25) is 0 Å². The van der Waals surface area contributed by atoms with E-state index >= 15 is 0 Å². The van der Waals surface area contributed by atoms with Crippen molar-refractivity contribution in [3.8, 4) is 16.9 Å². The number of alkyl halides is 3. The maximum Gasteiger partial charge on any atom is 0.573 e. The Hall–Kier alpha value is -2.08. The zero-order valence-electron chi connectivity index (χ0n) is 11.0. The van der Waals surface area contributed by atoms with Crippen LogP contribution in [0.3, 0.4) is 0 Å². The molecule has 0 radical (unpaired) electrons. The van der Waals surface area contributed by atoms with E-state index in [0.717, 1.165) is 17.7 Å². The highest BCUT2D eigenvalue weighted by Gasteiger charge is 2.30. The minimum atomic E-state index is -4.74. The number of benzene rings is 2. The van der Waals surface area contributed by atoms with Crippen molar-refractivity contribution < 1.29 is 22.3 Å². The number of halogens is 4. The van der Waals surface area contributed by atoms with E-state index in [0.29, 0.717) is 24.1 Å². The highest BCUT2D eigenvalue weighted by Crippen LogP contribution is 2.28. The fourth-order valence-corrected chi connectivity index (χ4v) is 1.95. The quantitative estimate of drug-likeness (QED) is 0.869. The molecule has 112 valence electrons. The molecule has 0 aromatic heterocycles. The van der Waals surface area contributed by atoms with Crippen LogP contribution < -0.4 is 10.5 Å². The molecule has 0 spiro atoms. The van der Waals surface area contributed by atoms with Crippen LogP contribution in [0.5, 0.6) is 5.75 Å². The van der Waals surface area contributed by atoms with Gasteiger partial charge in [-0.05, 0) is 42.3 Å². The SMILES string of the molecule is NCCc1ccc(-c2ccc(OC(F)(F)F)cc2)c(F)c1. The summed E-state index contributed by atoms with van der Waals surface area (Å²) in [7, 11) is 0. The molecule has 0 heterocycles. The molecule has 21 heavy (non-hydrogen) atoms. The molecule has 0 aliphatic rings. The third-order valence-electron chi connectivity index (χ3n) is 2.87. The summed E-state index contributed by atoms with van der Waals surface area (Å²) < 4.78 is 53.9. The van der Waals surface area contributed by atoms with E-state index in [2.05, 4.69) is 4.74 Å². The second-order valence-electron chi connectivity index (χ2n) is 4.43. The highest BCUT2D eigenvalue weighted by molar-refractivity contribution is 5.65. The Morgan fingerprint density at radius 3 is 2.19 bits per heavy atom. The minimum absolute atomic E-state index is 0.314. The largest absolute Gasteiger partial charge is 0.573 e. The summed E-state index contributed by atoms with van der Waals surface area (Å²) in [5, 5.41) is 0. The lowest BCUT2D eigenvalue weighted by atomic mass is 10.0. The van der Waals surface area contributed by atoms with Crippen LogP contribution in [0, 0.1) is 5.82 Å². The molecule has 6 heteroatoms. The zero-order chi connectivity index (χ0) is 15.5. The maximum absolute atomic E-state index is 14.0. The first kappa shape index (κ1) is 15.3. The summed E-state index contributed by atoms with van der Waals surface area (Å²) in [4.78, 5) is 0. The van der Waals surface area contributed by atoms with Crippen LogP contribution in [0.15, 0.2) is 42.5 Å². The predicted octanol–water partition coefficient (Wildman–Crippen LogP) is 3.89. The fraction of sp³-hybridized carbons (Fsp3) is 0.200. The van der Waals surface area contributed by atoms with Crippen molar-refractivity contribution in [1.29, 1.82) is 0 Å². The van der Waals surface area contributed by atoms with Gasteiger partial charge in [-0.25, -0.2) is 4.39 Å². The summed E-state index contributed by atoms with van der Waals surface area (Å²) in [5.74, 6) is -0.781. The molecule has 0 bridgehead atoms. The molecule has 2 aromatic carbocycles. The fourth-order valence-electron chi connectivity index (χ4n) is 1.95. The number of rotatable bonds is 4. The van der Waals surface area contributed by atoms with E-state index in [-0.39, 0.29) is 5.75 Å². The van der Waals surface area contributed by atoms with E-state index < -0.39 is 12.2 Å². The van der Waals surface area contributed by atoms with Gasteiger partial charge in [0.2, 0.25) is 0 Å². The first-order valence-electron chi connectivity index (χ1n) is 6.24. The van der Waals surface area contributed by atoms with Crippen LogP contribution in [0.1, 0.15) is 5.56 Å². The maximum atomic E-state index is 14.0. The van der Waals surface area contributed by atoms with E-state index in [1.807, 2.05) is 0 Å². The van der Waals surface area contributed by atoms with Gasteiger partial charge in [-0.1, -0.05) is 24.3 Å². The Kier molecular flexibility index (Phi) is 4.47. The van der Waals surface area contributed by atoms with Gasteiger partial charge >= 0.3 is 6.36 Å². The van der Waals surface area contributed by atoms with E-state index in [4.69, 9.17) is 5.73 Å². The average molecular weight is 299 g/mol. The van der Waals surface area contributed by atoms with Crippen molar-refractivity contribution >= 4 is 0 Å². The second kappa shape index (κ2) is 6.13. The van der Waals surface area contributed by atoms with Crippen LogP contribution in [-0.2, 0) is 6.42 Å². The van der Waals surface area contributed by atoms with Gasteiger partial charge in [0, 0.05) is 5.56 Å². The van der Waals surface area contributed by atoms with Gasteiger partial charge in [-0.15, -0.1) is 13.2 Å². The molecule has 0 fully saturated rings. The highest BCUT2D eigenvalue weighted by atomic mass is 19.4. The topological polar surface area (TPSA) is 35.2 Å². The van der Waals surface area contributed by atoms with E-state index in [9.17, 15) is 17.6 Å². The first-order chi connectivity index (χ1) is 9.89. The van der Waals surface area contributed by atoms with Gasteiger partial charge in [-0.3, -0.25) is 0 Å². The predicted molar refractivity (Wildman–Crippen MR) is 71.3 cm³/mol. The van der Waals surface area contributed by atoms with Gasteiger partial charge < -0.3 is 10.5 Å². The lowest BCUT2D eigenvalue weighted by Crippen LogP contribution is -2.16. The van der Waals surface area contributed by atoms with Crippen molar-refractivity contribution in [3.63, 3.8) is 0 Å². The number of hydrogen-bond acceptors (Lipinski definition) is 2. The summed E-state index contributed by atoms with van der Waals surface area (Å²) in [6.45, 7) is 0.419. The van der Waals surface area contributed by atoms with Gasteiger partial charge in [0.05, 0.1) is 0 Å². The molecule has 2 N–H and O–H groups in total. The van der Waals surface area contributed by atoms with Crippen LogP contribution in [-0.4, -0.2) is 12.9 Å². The first-order valence-corrected chi connectivity index (χ1v) is 6.24. The smallest absolute Gasteiger partial charge is 0.406 e. The molecule has 0 atom stereocenters. The number of hydrogen-bond donors (Lipinski definition) is 1. The van der Waals surface area contributed by atoms with Crippen molar-refractivity contribution in [3.05, 3.63) is 53.8 Å². The molecule has 0 unspecified atom stereocenters. The third-order valence-corrected chi connectivity index (χ3v) is 2.87. The van der Waals surface area contributed by atoms with Crippen molar-refractivity contribution in [2.24, 2.45) is 5.73 Å². The standard InChI is InChI=1S/C15H13F4NO/c16-14-9-10(7-8-20)1-6-13(14)11-2-4-12(5-3-11)21-15(17,18)19/h1-6,9H,7-8,20H2.